The molecule has 1 fully saturated rings. The summed E-state index contributed by atoms with van der Waals surface area (Å²) < 4.78 is 32.7. The van der Waals surface area contributed by atoms with Gasteiger partial charge in [0, 0.05) is 44.9 Å². The van der Waals surface area contributed by atoms with Gasteiger partial charge in [0.05, 0.1) is 11.4 Å². The summed E-state index contributed by atoms with van der Waals surface area (Å²) in [4.78, 5) is 8.61. The standard InChI is InChI=1S/C19H25F2N5O/c1-3-15-12-16(27-24-15)13-23-19(22-4-2)26-9-7-25(8-10-26)18-11-14(20)5-6-17(18)21/h5-6,11-12H,3-4,7-10,13H2,1-2H3,(H,22,23). The third-order valence-corrected chi connectivity index (χ3v) is 4.52. The summed E-state index contributed by atoms with van der Waals surface area (Å²) in [6.07, 6.45) is 0.825. The second-order valence-corrected chi connectivity index (χ2v) is 6.38. The quantitative estimate of drug-likeness (QED) is 0.641. The Kier molecular flexibility index (Phi) is 6.26. The first-order valence-corrected chi connectivity index (χ1v) is 9.28. The zero-order chi connectivity index (χ0) is 19.2. The fourth-order valence-corrected chi connectivity index (χ4v) is 3.06. The zero-order valence-corrected chi connectivity index (χ0v) is 15.7. The number of hydrogen-bond acceptors (Lipinski definition) is 4. The minimum atomic E-state index is -0.428. The van der Waals surface area contributed by atoms with E-state index in [1.165, 1.54) is 12.1 Å². The Morgan fingerprint density at radius 1 is 1.19 bits per heavy atom. The van der Waals surface area contributed by atoms with E-state index < -0.39 is 11.6 Å². The van der Waals surface area contributed by atoms with E-state index in [1.807, 2.05) is 24.8 Å². The van der Waals surface area contributed by atoms with Crippen LogP contribution in [0.3, 0.4) is 0 Å². The molecule has 0 saturated carbocycles. The van der Waals surface area contributed by atoms with Crippen LogP contribution in [0, 0.1) is 11.6 Å². The molecule has 1 aromatic carbocycles. The van der Waals surface area contributed by atoms with Crippen LogP contribution in [0.1, 0.15) is 25.3 Å². The predicted molar refractivity (Wildman–Crippen MR) is 101 cm³/mol. The van der Waals surface area contributed by atoms with Crippen LogP contribution in [0.15, 0.2) is 33.8 Å². The smallest absolute Gasteiger partial charge is 0.194 e. The molecule has 1 saturated heterocycles. The molecule has 146 valence electrons. The molecule has 2 heterocycles. The molecule has 0 bridgehead atoms. The second kappa shape index (κ2) is 8.83. The first-order valence-electron chi connectivity index (χ1n) is 9.28. The van der Waals surface area contributed by atoms with Crippen molar-refractivity contribution in [2.75, 3.05) is 37.6 Å². The Morgan fingerprint density at radius 2 is 1.96 bits per heavy atom. The summed E-state index contributed by atoms with van der Waals surface area (Å²) in [5.41, 5.74) is 1.22. The lowest BCUT2D eigenvalue weighted by molar-refractivity contribution is 0.363. The van der Waals surface area contributed by atoms with Gasteiger partial charge in [0.2, 0.25) is 0 Å². The number of benzene rings is 1. The van der Waals surface area contributed by atoms with E-state index >= 15 is 0 Å². The monoisotopic (exact) mass is 377 g/mol. The van der Waals surface area contributed by atoms with Crippen LogP contribution in [0.2, 0.25) is 0 Å². The highest BCUT2D eigenvalue weighted by Gasteiger charge is 2.22. The number of piperazine rings is 1. The lowest BCUT2D eigenvalue weighted by Crippen LogP contribution is -2.52. The first-order chi connectivity index (χ1) is 13.1. The van der Waals surface area contributed by atoms with E-state index in [1.54, 1.807) is 0 Å². The summed E-state index contributed by atoms with van der Waals surface area (Å²) in [7, 11) is 0. The van der Waals surface area contributed by atoms with Gasteiger partial charge < -0.3 is 19.6 Å². The molecule has 6 nitrogen and oxygen atoms in total. The summed E-state index contributed by atoms with van der Waals surface area (Å²) in [6, 6.07) is 5.47. The van der Waals surface area contributed by atoms with Crippen molar-refractivity contribution in [1.82, 2.24) is 15.4 Å². The molecular weight excluding hydrogens is 352 g/mol. The minimum Gasteiger partial charge on any atom is -0.366 e. The molecule has 8 heteroatoms. The van der Waals surface area contributed by atoms with Crippen LogP contribution in [0.4, 0.5) is 14.5 Å². The van der Waals surface area contributed by atoms with Crippen LogP contribution in [0.25, 0.3) is 0 Å². The normalized spacial score (nSPS) is 15.3. The van der Waals surface area contributed by atoms with Gasteiger partial charge in [-0.1, -0.05) is 12.1 Å². The summed E-state index contributed by atoms with van der Waals surface area (Å²) in [5.74, 6) is 0.679. The Balaban J connectivity index is 1.64. The zero-order valence-electron chi connectivity index (χ0n) is 15.7. The van der Waals surface area contributed by atoms with Gasteiger partial charge in [-0.25, -0.2) is 13.8 Å². The Hall–Kier alpha value is -2.64. The molecule has 0 unspecified atom stereocenters. The highest BCUT2D eigenvalue weighted by Crippen LogP contribution is 2.22. The molecule has 0 aliphatic carbocycles. The Labute approximate surface area is 157 Å². The van der Waals surface area contributed by atoms with Gasteiger partial charge in [-0.3, -0.25) is 0 Å². The summed E-state index contributed by atoms with van der Waals surface area (Å²) >= 11 is 0. The maximum absolute atomic E-state index is 14.0. The molecule has 0 spiro atoms. The SMILES string of the molecule is CCNC(=NCc1cc(CC)no1)N1CCN(c2cc(F)ccc2F)CC1. The number of halogens is 2. The van der Waals surface area contributed by atoms with E-state index in [9.17, 15) is 8.78 Å². The predicted octanol–water partition coefficient (Wildman–Crippen LogP) is 2.80. The molecule has 1 aromatic heterocycles. The summed E-state index contributed by atoms with van der Waals surface area (Å²) in [6.45, 7) is 7.70. The average molecular weight is 377 g/mol. The minimum absolute atomic E-state index is 0.311. The van der Waals surface area contributed by atoms with Crippen LogP contribution in [-0.4, -0.2) is 48.7 Å². The Morgan fingerprint density at radius 3 is 2.63 bits per heavy atom. The molecule has 1 aliphatic rings. The van der Waals surface area contributed by atoms with Crippen LogP contribution >= 0.6 is 0 Å². The van der Waals surface area contributed by atoms with Gasteiger partial charge in [0.1, 0.15) is 18.2 Å². The number of nitrogens with one attached hydrogen (secondary N) is 1. The molecule has 0 amide bonds. The number of nitrogens with zero attached hydrogens (tertiary/aromatic N) is 4. The number of aromatic nitrogens is 1. The fraction of sp³-hybridized carbons (Fsp3) is 0.474. The molecule has 0 atom stereocenters. The number of rotatable bonds is 5. The molecule has 1 N–H and O–H groups in total. The Bertz CT molecular complexity index is 784. The van der Waals surface area contributed by atoms with Gasteiger partial charge >= 0.3 is 0 Å². The van der Waals surface area contributed by atoms with E-state index in [4.69, 9.17) is 4.52 Å². The number of hydrogen-bond donors (Lipinski definition) is 1. The van der Waals surface area contributed by atoms with Gasteiger partial charge in [0.15, 0.2) is 11.7 Å². The molecule has 27 heavy (non-hydrogen) atoms. The van der Waals surface area contributed by atoms with Gasteiger partial charge in [-0.15, -0.1) is 0 Å². The van der Waals surface area contributed by atoms with E-state index in [0.717, 1.165) is 36.4 Å². The fourth-order valence-electron chi connectivity index (χ4n) is 3.06. The highest BCUT2D eigenvalue weighted by atomic mass is 19.1. The topological polar surface area (TPSA) is 56.9 Å². The molecule has 0 radical (unpaired) electrons. The lowest BCUT2D eigenvalue weighted by Gasteiger charge is -2.37. The van der Waals surface area contributed by atoms with E-state index in [0.29, 0.717) is 38.4 Å². The van der Waals surface area contributed by atoms with Crippen molar-refractivity contribution in [3.63, 3.8) is 0 Å². The second-order valence-electron chi connectivity index (χ2n) is 6.38. The largest absolute Gasteiger partial charge is 0.366 e. The van der Waals surface area contributed by atoms with Gasteiger partial charge in [0.25, 0.3) is 0 Å². The number of guanidine groups is 1. The summed E-state index contributed by atoms with van der Waals surface area (Å²) in [5, 5.41) is 7.26. The third-order valence-electron chi connectivity index (χ3n) is 4.52. The van der Waals surface area contributed by atoms with Gasteiger partial charge in [-0.2, -0.15) is 0 Å². The van der Waals surface area contributed by atoms with Crippen LogP contribution in [0.5, 0.6) is 0 Å². The third kappa shape index (κ3) is 4.75. The average Bonchev–Trinajstić information content (AvgIpc) is 3.15. The number of aliphatic imine (C=N–C) groups is 1. The maximum Gasteiger partial charge on any atom is 0.194 e. The van der Waals surface area contributed by atoms with Crippen molar-refractivity contribution in [2.45, 2.75) is 26.8 Å². The van der Waals surface area contributed by atoms with Crippen molar-refractivity contribution in [1.29, 1.82) is 0 Å². The van der Waals surface area contributed by atoms with Crippen LogP contribution < -0.4 is 10.2 Å². The highest BCUT2D eigenvalue weighted by molar-refractivity contribution is 5.80. The molecule has 2 aromatic rings. The number of anilines is 1. The van der Waals surface area contributed by atoms with Crippen molar-refractivity contribution >= 4 is 11.6 Å². The van der Waals surface area contributed by atoms with Crippen molar-refractivity contribution in [3.05, 3.63) is 47.4 Å². The van der Waals surface area contributed by atoms with Crippen molar-refractivity contribution in [2.24, 2.45) is 4.99 Å². The molecule has 3 rings (SSSR count). The lowest BCUT2D eigenvalue weighted by atomic mass is 10.2. The van der Waals surface area contributed by atoms with E-state index in [-0.39, 0.29) is 0 Å². The van der Waals surface area contributed by atoms with E-state index in [2.05, 4.69) is 20.4 Å². The van der Waals surface area contributed by atoms with Crippen LogP contribution in [-0.2, 0) is 13.0 Å². The number of aryl methyl sites for hydroxylation is 1. The van der Waals surface area contributed by atoms with Crippen molar-refractivity contribution in [3.8, 4) is 0 Å². The maximum atomic E-state index is 14.0. The van der Waals surface area contributed by atoms with Crippen molar-refractivity contribution < 1.29 is 13.3 Å². The molecule has 1 aliphatic heterocycles. The van der Waals surface area contributed by atoms with Gasteiger partial charge in [-0.05, 0) is 25.5 Å². The first kappa shape index (κ1) is 19.1. The molecular formula is C19H25F2N5O.